The van der Waals surface area contributed by atoms with Crippen LogP contribution in [0.2, 0.25) is 0 Å². The Balaban J connectivity index is 0.00000264. The van der Waals surface area contributed by atoms with Gasteiger partial charge in [0.1, 0.15) is 6.54 Å². The fraction of sp³-hybridized carbons (Fsp3) is 0.800. The summed E-state index contributed by atoms with van der Waals surface area (Å²) in [5.41, 5.74) is 5.93. The Bertz CT molecular complexity index is 458. The number of nitrogens with two attached hydrogens (primary N) is 1. The number of nitrogens with zero attached hydrogens (tertiary/aromatic N) is 3. The highest BCUT2D eigenvalue weighted by atomic mass is 35.5. The normalized spacial score (nSPS) is 23.6. The Morgan fingerprint density at radius 1 is 1.22 bits per heavy atom. The average molecular weight is 347 g/mol. The quantitative estimate of drug-likeness (QED) is 0.707. The van der Waals surface area contributed by atoms with Crippen LogP contribution >= 0.6 is 12.4 Å². The molecule has 0 radical (unpaired) electrons. The topological polar surface area (TPSA) is 86.9 Å². The Morgan fingerprint density at radius 3 is 2.43 bits per heavy atom. The lowest BCUT2D eigenvalue weighted by molar-refractivity contribution is -0.157. The average Bonchev–Trinajstić information content (AvgIpc) is 2.52. The predicted molar refractivity (Wildman–Crippen MR) is 89.0 cm³/mol. The standard InChI is InChI=1S/C15H26N4O3.ClH/c1-3-17-7-8-19(15(22)14(17)21)10-13(20)18-6-4-5-12(9-18)11(2)16;/h11-12H,3-10,16H2,1-2H3;1H. The highest BCUT2D eigenvalue weighted by Crippen LogP contribution is 2.19. The molecule has 0 aromatic rings. The Kier molecular flexibility index (Phi) is 7.28. The van der Waals surface area contributed by atoms with Crippen molar-refractivity contribution in [2.75, 3.05) is 39.3 Å². The molecule has 2 N–H and O–H groups in total. The summed E-state index contributed by atoms with van der Waals surface area (Å²) in [6.45, 7) is 6.60. The molecule has 23 heavy (non-hydrogen) atoms. The third kappa shape index (κ3) is 4.57. The van der Waals surface area contributed by atoms with Crippen molar-refractivity contribution in [3.8, 4) is 0 Å². The van der Waals surface area contributed by atoms with E-state index in [1.165, 1.54) is 9.80 Å². The lowest BCUT2D eigenvalue weighted by Crippen LogP contribution is -2.57. The molecule has 7 nitrogen and oxygen atoms in total. The molecule has 2 aliphatic rings. The van der Waals surface area contributed by atoms with Crippen LogP contribution in [0.1, 0.15) is 26.7 Å². The molecule has 132 valence electrons. The van der Waals surface area contributed by atoms with Gasteiger partial charge in [0.2, 0.25) is 5.91 Å². The number of hydrogen-bond acceptors (Lipinski definition) is 4. The second-order valence-corrected chi connectivity index (χ2v) is 6.21. The molecule has 0 saturated carbocycles. The number of hydrogen-bond donors (Lipinski definition) is 1. The zero-order valence-electron chi connectivity index (χ0n) is 13.9. The Hall–Kier alpha value is -1.34. The molecule has 3 amide bonds. The number of carbonyl (C=O) groups excluding carboxylic acids is 3. The van der Waals surface area contributed by atoms with Gasteiger partial charge in [-0.05, 0) is 32.6 Å². The van der Waals surface area contributed by atoms with Crippen molar-refractivity contribution >= 4 is 30.1 Å². The number of likely N-dealkylation sites (tertiary alicyclic amines) is 1. The van der Waals surface area contributed by atoms with Crippen LogP contribution in [0.3, 0.4) is 0 Å². The molecule has 0 spiro atoms. The van der Waals surface area contributed by atoms with Gasteiger partial charge in [0.25, 0.3) is 0 Å². The van der Waals surface area contributed by atoms with Crippen molar-refractivity contribution in [3.63, 3.8) is 0 Å². The minimum Gasteiger partial charge on any atom is -0.341 e. The molecule has 2 heterocycles. The predicted octanol–water partition coefficient (Wildman–Crippen LogP) is -0.315. The molecule has 2 rings (SSSR count). The molecular weight excluding hydrogens is 320 g/mol. The number of amides is 3. The molecule has 2 fully saturated rings. The van der Waals surface area contributed by atoms with E-state index in [4.69, 9.17) is 5.73 Å². The zero-order chi connectivity index (χ0) is 16.3. The summed E-state index contributed by atoms with van der Waals surface area (Å²) in [7, 11) is 0. The van der Waals surface area contributed by atoms with Gasteiger partial charge < -0.3 is 20.4 Å². The van der Waals surface area contributed by atoms with Gasteiger partial charge in [-0.2, -0.15) is 0 Å². The number of likely N-dealkylation sites (N-methyl/N-ethyl adjacent to an activating group) is 1. The van der Waals surface area contributed by atoms with Gasteiger partial charge in [-0.3, -0.25) is 14.4 Å². The smallest absolute Gasteiger partial charge is 0.312 e. The summed E-state index contributed by atoms with van der Waals surface area (Å²) in [6.07, 6.45) is 1.97. The minimum atomic E-state index is -0.567. The summed E-state index contributed by atoms with van der Waals surface area (Å²) in [6, 6.07) is 0.0620. The van der Waals surface area contributed by atoms with Crippen LogP contribution in [0.4, 0.5) is 0 Å². The fourth-order valence-electron chi connectivity index (χ4n) is 3.10. The van der Waals surface area contributed by atoms with Gasteiger partial charge in [0, 0.05) is 38.8 Å². The van der Waals surface area contributed by atoms with Gasteiger partial charge in [-0.25, -0.2) is 0 Å². The zero-order valence-corrected chi connectivity index (χ0v) is 14.7. The second kappa shape index (κ2) is 8.49. The van der Waals surface area contributed by atoms with Crippen LogP contribution in [0, 0.1) is 5.92 Å². The molecular formula is C15H27ClN4O3. The van der Waals surface area contributed by atoms with Crippen molar-refractivity contribution in [1.29, 1.82) is 0 Å². The first-order chi connectivity index (χ1) is 10.4. The van der Waals surface area contributed by atoms with Crippen LogP contribution in [-0.2, 0) is 14.4 Å². The van der Waals surface area contributed by atoms with Crippen molar-refractivity contribution in [2.24, 2.45) is 11.7 Å². The highest BCUT2D eigenvalue weighted by Gasteiger charge is 2.34. The molecule has 2 aliphatic heterocycles. The summed E-state index contributed by atoms with van der Waals surface area (Å²) in [5, 5.41) is 0. The van der Waals surface area contributed by atoms with Gasteiger partial charge in [0.15, 0.2) is 0 Å². The minimum absolute atomic E-state index is 0. The van der Waals surface area contributed by atoms with E-state index in [9.17, 15) is 14.4 Å². The molecule has 0 aromatic heterocycles. The Morgan fingerprint density at radius 2 is 1.83 bits per heavy atom. The number of halogens is 1. The maximum atomic E-state index is 12.4. The van der Waals surface area contributed by atoms with E-state index >= 15 is 0 Å². The van der Waals surface area contributed by atoms with Crippen molar-refractivity contribution in [2.45, 2.75) is 32.7 Å². The molecule has 2 atom stereocenters. The highest BCUT2D eigenvalue weighted by molar-refractivity contribution is 6.35. The van der Waals surface area contributed by atoms with Gasteiger partial charge in [0.05, 0.1) is 0 Å². The van der Waals surface area contributed by atoms with Crippen LogP contribution in [-0.4, -0.2) is 77.7 Å². The van der Waals surface area contributed by atoms with E-state index in [0.29, 0.717) is 38.6 Å². The first-order valence-electron chi connectivity index (χ1n) is 8.05. The van der Waals surface area contributed by atoms with Gasteiger partial charge in [-0.1, -0.05) is 0 Å². The maximum Gasteiger partial charge on any atom is 0.312 e. The first kappa shape index (κ1) is 19.7. The molecule has 2 unspecified atom stereocenters. The summed E-state index contributed by atoms with van der Waals surface area (Å²) < 4.78 is 0. The van der Waals surface area contributed by atoms with Gasteiger partial charge in [-0.15, -0.1) is 12.4 Å². The molecule has 8 heteroatoms. The van der Waals surface area contributed by atoms with Crippen molar-refractivity contribution in [1.82, 2.24) is 14.7 Å². The number of piperidine rings is 1. The lowest BCUT2D eigenvalue weighted by Gasteiger charge is -2.37. The maximum absolute atomic E-state index is 12.4. The number of carbonyl (C=O) groups is 3. The summed E-state index contributed by atoms with van der Waals surface area (Å²) in [4.78, 5) is 40.9. The third-order valence-electron chi connectivity index (χ3n) is 4.66. The number of rotatable bonds is 4. The van der Waals surface area contributed by atoms with Crippen LogP contribution in [0.25, 0.3) is 0 Å². The largest absolute Gasteiger partial charge is 0.341 e. The van der Waals surface area contributed by atoms with Crippen LogP contribution in [0.15, 0.2) is 0 Å². The van der Waals surface area contributed by atoms with Gasteiger partial charge >= 0.3 is 11.8 Å². The third-order valence-corrected chi connectivity index (χ3v) is 4.66. The lowest BCUT2D eigenvalue weighted by atomic mass is 9.92. The van der Waals surface area contributed by atoms with E-state index in [1.807, 2.05) is 13.8 Å². The van der Waals surface area contributed by atoms with E-state index in [-0.39, 0.29) is 30.9 Å². The molecule has 0 bridgehead atoms. The van der Waals surface area contributed by atoms with Crippen LogP contribution in [0.5, 0.6) is 0 Å². The first-order valence-corrected chi connectivity index (χ1v) is 8.05. The Labute approximate surface area is 143 Å². The van der Waals surface area contributed by atoms with E-state index < -0.39 is 11.8 Å². The van der Waals surface area contributed by atoms with E-state index in [2.05, 4.69) is 0 Å². The summed E-state index contributed by atoms with van der Waals surface area (Å²) >= 11 is 0. The molecule has 0 aromatic carbocycles. The second-order valence-electron chi connectivity index (χ2n) is 6.21. The molecule has 2 saturated heterocycles. The van der Waals surface area contributed by atoms with Crippen LogP contribution < -0.4 is 5.73 Å². The van der Waals surface area contributed by atoms with E-state index in [1.54, 1.807) is 4.90 Å². The van der Waals surface area contributed by atoms with E-state index in [0.717, 1.165) is 12.8 Å². The fourth-order valence-corrected chi connectivity index (χ4v) is 3.10. The van der Waals surface area contributed by atoms with Crippen molar-refractivity contribution in [3.05, 3.63) is 0 Å². The monoisotopic (exact) mass is 346 g/mol. The SMILES string of the molecule is CCN1CCN(CC(=O)N2CCCC(C(C)N)C2)C(=O)C1=O.Cl. The van der Waals surface area contributed by atoms with Crippen molar-refractivity contribution < 1.29 is 14.4 Å². The number of piperazine rings is 1. The molecule has 0 aliphatic carbocycles. The summed E-state index contributed by atoms with van der Waals surface area (Å²) in [5.74, 6) is -0.848.